The van der Waals surface area contributed by atoms with Crippen LogP contribution in [0, 0.1) is 5.82 Å². The van der Waals surface area contributed by atoms with Gasteiger partial charge in [-0.1, -0.05) is 24.6 Å². The predicted octanol–water partition coefficient (Wildman–Crippen LogP) is 2.26. The number of rotatable bonds is 4. The van der Waals surface area contributed by atoms with Gasteiger partial charge in [0.05, 0.1) is 0 Å². The second kappa shape index (κ2) is 6.86. The lowest BCUT2D eigenvalue weighted by molar-refractivity contribution is 0.0449. The zero-order valence-electron chi connectivity index (χ0n) is 12.9. The molecule has 0 amide bonds. The molecule has 2 atom stereocenters. The van der Waals surface area contributed by atoms with Crippen LogP contribution >= 0.6 is 0 Å². The molecule has 2 saturated heterocycles. The third kappa shape index (κ3) is 3.44. The van der Waals surface area contributed by atoms with Crippen LogP contribution < -0.4 is 5.32 Å². The fourth-order valence-electron chi connectivity index (χ4n) is 3.75. The van der Waals surface area contributed by atoms with Crippen molar-refractivity contribution in [3.05, 3.63) is 35.6 Å². The Balaban J connectivity index is 1.63. The minimum absolute atomic E-state index is 0.0707. The zero-order valence-corrected chi connectivity index (χ0v) is 12.9. The Kier molecular flexibility index (Phi) is 4.88. The van der Waals surface area contributed by atoms with Gasteiger partial charge >= 0.3 is 0 Å². The number of hydrogen-bond donors (Lipinski definition) is 1. The number of nitrogens with zero attached hydrogens (tertiary/aromatic N) is 2. The van der Waals surface area contributed by atoms with E-state index in [1.54, 1.807) is 12.1 Å². The summed E-state index contributed by atoms with van der Waals surface area (Å²) in [6.45, 7) is 5.55. The quantitative estimate of drug-likeness (QED) is 0.918. The Morgan fingerprint density at radius 3 is 2.90 bits per heavy atom. The van der Waals surface area contributed by atoms with Crippen LogP contribution in [0.1, 0.15) is 30.9 Å². The van der Waals surface area contributed by atoms with Crippen LogP contribution in [0.4, 0.5) is 4.39 Å². The maximum atomic E-state index is 14.0. The fraction of sp³-hybridized carbons (Fsp3) is 0.647. The maximum absolute atomic E-state index is 14.0. The van der Waals surface area contributed by atoms with Crippen molar-refractivity contribution >= 4 is 0 Å². The summed E-state index contributed by atoms with van der Waals surface area (Å²) in [5, 5.41) is 3.28. The summed E-state index contributed by atoms with van der Waals surface area (Å²) in [5.74, 6) is -0.104. The van der Waals surface area contributed by atoms with Gasteiger partial charge in [0.25, 0.3) is 0 Å². The molecule has 0 radical (unpaired) electrons. The average Bonchev–Trinajstić information content (AvgIpc) is 2.53. The van der Waals surface area contributed by atoms with E-state index in [0.29, 0.717) is 6.04 Å². The highest BCUT2D eigenvalue weighted by molar-refractivity contribution is 5.21. The molecule has 2 heterocycles. The van der Waals surface area contributed by atoms with Crippen molar-refractivity contribution in [1.29, 1.82) is 0 Å². The van der Waals surface area contributed by atoms with Crippen molar-refractivity contribution in [3.63, 3.8) is 0 Å². The van der Waals surface area contributed by atoms with Crippen molar-refractivity contribution in [2.24, 2.45) is 0 Å². The average molecular weight is 291 g/mol. The zero-order chi connectivity index (χ0) is 14.7. The van der Waals surface area contributed by atoms with E-state index < -0.39 is 0 Å². The monoisotopic (exact) mass is 291 g/mol. The smallest absolute Gasteiger partial charge is 0.128 e. The van der Waals surface area contributed by atoms with Crippen LogP contribution in [0.3, 0.4) is 0 Å². The summed E-state index contributed by atoms with van der Waals surface area (Å²) < 4.78 is 14.0. The van der Waals surface area contributed by atoms with Gasteiger partial charge in [-0.15, -0.1) is 0 Å². The minimum atomic E-state index is -0.104. The van der Waals surface area contributed by atoms with Crippen LogP contribution in [-0.4, -0.2) is 55.6 Å². The molecule has 2 aliphatic rings. The first kappa shape index (κ1) is 14.9. The van der Waals surface area contributed by atoms with Crippen LogP contribution in [0.5, 0.6) is 0 Å². The molecule has 2 unspecified atom stereocenters. The van der Waals surface area contributed by atoms with Crippen molar-refractivity contribution in [3.8, 4) is 0 Å². The summed E-state index contributed by atoms with van der Waals surface area (Å²) in [7, 11) is 1.92. The number of piperidine rings is 1. The maximum Gasteiger partial charge on any atom is 0.128 e. The van der Waals surface area contributed by atoms with Crippen molar-refractivity contribution in [1.82, 2.24) is 15.1 Å². The number of piperazine rings is 1. The molecule has 0 aromatic heterocycles. The molecule has 0 bridgehead atoms. The number of benzene rings is 1. The molecule has 21 heavy (non-hydrogen) atoms. The van der Waals surface area contributed by atoms with Crippen LogP contribution in [0.2, 0.25) is 0 Å². The van der Waals surface area contributed by atoms with E-state index >= 15 is 0 Å². The van der Waals surface area contributed by atoms with E-state index in [0.717, 1.165) is 25.2 Å². The van der Waals surface area contributed by atoms with E-state index in [-0.39, 0.29) is 11.9 Å². The lowest BCUT2D eigenvalue weighted by Crippen LogP contribution is -2.55. The molecular weight excluding hydrogens is 265 g/mol. The molecular formula is C17H26FN3. The fourth-order valence-corrected chi connectivity index (χ4v) is 3.75. The number of fused-ring (bicyclic) bond motifs is 1. The summed E-state index contributed by atoms with van der Waals surface area (Å²) in [5.41, 5.74) is 0.783. The van der Waals surface area contributed by atoms with Crippen LogP contribution in [0.15, 0.2) is 24.3 Å². The molecule has 1 aromatic rings. The lowest BCUT2D eigenvalue weighted by atomic mass is 9.98. The Labute approximate surface area is 127 Å². The van der Waals surface area contributed by atoms with Gasteiger partial charge in [-0.2, -0.15) is 0 Å². The highest BCUT2D eigenvalue weighted by atomic mass is 19.1. The largest absolute Gasteiger partial charge is 0.312 e. The lowest BCUT2D eigenvalue weighted by Gasteiger charge is -2.44. The first-order valence-electron chi connectivity index (χ1n) is 8.16. The van der Waals surface area contributed by atoms with E-state index in [9.17, 15) is 4.39 Å². The number of nitrogens with one attached hydrogen (secondary N) is 1. The van der Waals surface area contributed by atoms with Gasteiger partial charge in [-0.05, 0) is 32.5 Å². The normalized spacial score (nSPS) is 25.5. The molecule has 1 aromatic carbocycles. The summed E-state index contributed by atoms with van der Waals surface area (Å²) in [4.78, 5) is 5.14. The van der Waals surface area contributed by atoms with Crippen LogP contribution in [0.25, 0.3) is 0 Å². The van der Waals surface area contributed by atoms with Crippen molar-refractivity contribution in [2.45, 2.75) is 31.3 Å². The number of hydrogen-bond acceptors (Lipinski definition) is 3. The second-order valence-corrected chi connectivity index (χ2v) is 6.31. The molecule has 2 fully saturated rings. The van der Waals surface area contributed by atoms with E-state index in [2.05, 4.69) is 15.1 Å². The third-order valence-electron chi connectivity index (χ3n) is 4.99. The van der Waals surface area contributed by atoms with E-state index in [1.165, 1.54) is 32.4 Å². The molecule has 3 rings (SSSR count). The Bertz CT molecular complexity index is 465. The van der Waals surface area contributed by atoms with Gasteiger partial charge in [-0.3, -0.25) is 9.80 Å². The number of halogens is 1. The first-order chi connectivity index (χ1) is 10.3. The van der Waals surface area contributed by atoms with Gasteiger partial charge in [0.15, 0.2) is 0 Å². The van der Waals surface area contributed by atoms with Crippen molar-refractivity contribution in [2.75, 3.05) is 39.8 Å². The Morgan fingerprint density at radius 2 is 2.10 bits per heavy atom. The predicted molar refractivity (Wildman–Crippen MR) is 83.9 cm³/mol. The molecule has 0 spiro atoms. The van der Waals surface area contributed by atoms with E-state index in [4.69, 9.17) is 0 Å². The van der Waals surface area contributed by atoms with Crippen molar-refractivity contribution < 1.29 is 4.39 Å². The van der Waals surface area contributed by atoms with Gasteiger partial charge in [0, 0.05) is 43.8 Å². The highest BCUT2D eigenvalue weighted by Crippen LogP contribution is 2.23. The summed E-state index contributed by atoms with van der Waals surface area (Å²) in [6.07, 6.45) is 4.03. The van der Waals surface area contributed by atoms with Crippen LogP contribution in [-0.2, 0) is 0 Å². The molecule has 116 valence electrons. The third-order valence-corrected chi connectivity index (χ3v) is 4.99. The van der Waals surface area contributed by atoms with Gasteiger partial charge in [-0.25, -0.2) is 4.39 Å². The van der Waals surface area contributed by atoms with Gasteiger partial charge < -0.3 is 5.32 Å². The summed E-state index contributed by atoms with van der Waals surface area (Å²) >= 11 is 0. The SMILES string of the molecule is CNC(CN1CCN2CCCCC2C1)c1ccccc1F. The molecule has 2 aliphatic heterocycles. The molecule has 1 N–H and O–H groups in total. The second-order valence-electron chi connectivity index (χ2n) is 6.31. The van der Waals surface area contributed by atoms with Gasteiger partial charge in [0.2, 0.25) is 0 Å². The first-order valence-corrected chi connectivity index (χ1v) is 8.16. The Hall–Kier alpha value is -0.970. The molecule has 4 heteroatoms. The molecule has 0 saturated carbocycles. The standard InChI is InChI=1S/C17H26FN3/c1-19-17(15-7-2-3-8-16(15)18)13-20-10-11-21-9-5-4-6-14(21)12-20/h2-3,7-8,14,17,19H,4-6,9-13H2,1H3. The molecule has 0 aliphatic carbocycles. The summed E-state index contributed by atoms with van der Waals surface area (Å²) in [6, 6.07) is 7.91. The molecule has 3 nitrogen and oxygen atoms in total. The van der Waals surface area contributed by atoms with E-state index in [1.807, 2.05) is 19.2 Å². The number of likely N-dealkylation sites (N-methyl/N-ethyl adjacent to an activating group) is 1. The van der Waals surface area contributed by atoms with Gasteiger partial charge in [0.1, 0.15) is 5.82 Å². The Morgan fingerprint density at radius 1 is 1.24 bits per heavy atom. The highest BCUT2D eigenvalue weighted by Gasteiger charge is 2.30. The topological polar surface area (TPSA) is 18.5 Å². The minimum Gasteiger partial charge on any atom is -0.312 e.